The minimum atomic E-state index is -0.0224. The normalized spacial score (nSPS) is 17.9. The molecule has 3 heteroatoms. The number of amides is 1. The maximum absolute atomic E-state index is 12.4. The fourth-order valence-corrected chi connectivity index (χ4v) is 5.58. The van der Waals surface area contributed by atoms with Crippen LogP contribution in [0.15, 0.2) is 18.2 Å². The molecule has 1 heterocycles. The summed E-state index contributed by atoms with van der Waals surface area (Å²) in [6, 6.07) is 6.77. The van der Waals surface area contributed by atoms with Crippen LogP contribution in [0.4, 0.5) is 0 Å². The van der Waals surface area contributed by atoms with Gasteiger partial charge in [-0.3, -0.25) is 9.69 Å². The fourth-order valence-electron chi connectivity index (χ4n) is 5.58. The molecule has 0 fully saturated rings. The number of hydrogen-bond acceptors (Lipinski definition) is 2. The smallest absolute Gasteiger partial charge is 0.227 e. The summed E-state index contributed by atoms with van der Waals surface area (Å²) in [7, 11) is 1.75. The van der Waals surface area contributed by atoms with Crippen molar-refractivity contribution in [2.45, 2.75) is 112 Å². The molecule has 0 radical (unpaired) electrons. The van der Waals surface area contributed by atoms with Gasteiger partial charge in [0.05, 0.1) is 5.92 Å². The lowest BCUT2D eigenvalue weighted by atomic mass is 9.73. The van der Waals surface area contributed by atoms with E-state index in [9.17, 15) is 4.79 Å². The maximum atomic E-state index is 12.4. The second-order valence-corrected chi connectivity index (χ2v) is 11.8. The molecule has 0 aromatic heterocycles. The summed E-state index contributed by atoms with van der Waals surface area (Å²) >= 11 is 0. The van der Waals surface area contributed by atoms with Gasteiger partial charge in [-0.15, -0.1) is 0 Å². The lowest BCUT2D eigenvalue weighted by Gasteiger charge is -2.33. The summed E-state index contributed by atoms with van der Waals surface area (Å²) in [5.74, 6) is 2.50. The van der Waals surface area contributed by atoms with Crippen LogP contribution in [-0.4, -0.2) is 24.4 Å². The Morgan fingerprint density at radius 3 is 2.24 bits per heavy atom. The van der Waals surface area contributed by atoms with Gasteiger partial charge in [0.1, 0.15) is 0 Å². The monoisotopic (exact) mass is 456 g/mol. The number of hydrogen-bond donors (Lipinski definition) is 1. The van der Waals surface area contributed by atoms with Crippen molar-refractivity contribution in [3.8, 4) is 0 Å². The lowest BCUT2D eigenvalue weighted by Crippen LogP contribution is -2.25. The number of fused-ring (bicyclic) bond motifs is 1. The van der Waals surface area contributed by atoms with Gasteiger partial charge in [-0.05, 0) is 59.2 Å². The molecule has 4 atom stereocenters. The summed E-state index contributed by atoms with van der Waals surface area (Å²) in [5, 5.41) is 2.85. The van der Waals surface area contributed by atoms with E-state index in [1.807, 2.05) is 0 Å². The standard InChI is InChI=1S/C30H52N2O/c1-9-11-24(14-13-22(3)23(4)30(5,6)7)17-18-32-20-26-16-15-25(19-27(26)21-32)28(12-10-2)29(33)31-8/h15-16,19,22-24,28H,9-14,17-18,20-21H2,1-8H3,(H,31,33). The number of carbonyl (C=O) groups is 1. The van der Waals surface area contributed by atoms with Crippen LogP contribution in [0.2, 0.25) is 0 Å². The average molecular weight is 457 g/mol. The minimum Gasteiger partial charge on any atom is -0.359 e. The zero-order chi connectivity index (χ0) is 24.6. The zero-order valence-corrected chi connectivity index (χ0v) is 23.0. The Balaban J connectivity index is 1.92. The molecular weight excluding hydrogens is 404 g/mol. The van der Waals surface area contributed by atoms with Crippen LogP contribution in [0.1, 0.15) is 116 Å². The topological polar surface area (TPSA) is 32.3 Å². The van der Waals surface area contributed by atoms with Gasteiger partial charge >= 0.3 is 0 Å². The molecule has 0 aliphatic carbocycles. The fraction of sp³-hybridized carbons (Fsp3) is 0.767. The largest absolute Gasteiger partial charge is 0.359 e. The quantitative estimate of drug-likeness (QED) is 0.332. The molecule has 188 valence electrons. The van der Waals surface area contributed by atoms with E-state index in [2.05, 4.69) is 76.9 Å². The number of likely N-dealkylation sites (N-methyl/N-ethyl adjacent to an activating group) is 1. The predicted molar refractivity (Wildman–Crippen MR) is 142 cm³/mol. The van der Waals surface area contributed by atoms with Gasteiger partial charge in [0.2, 0.25) is 5.91 Å². The molecular formula is C30H52N2O. The van der Waals surface area contributed by atoms with Gasteiger partial charge in [-0.25, -0.2) is 0 Å². The van der Waals surface area contributed by atoms with E-state index in [0.29, 0.717) is 5.41 Å². The number of nitrogens with zero attached hydrogens (tertiary/aromatic N) is 1. The van der Waals surface area contributed by atoms with Crippen molar-refractivity contribution in [3.63, 3.8) is 0 Å². The third-order valence-corrected chi connectivity index (χ3v) is 8.36. The van der Waals surface area contributed by atoms with E-state index >= 15 is 0 Å². The number of carbonyl (C=O) groups excluding carboxylic acids is 1. The second kappa shape index (κ2) is 12.9. The van der Waals surface area contributed by atoms with Crippen molar-refractivity contribution in [3.05, 3.63) is 34.9 Å². The number of benzene rings is 1. The van der Waals surface area contributed by atoms with Crippen LogP contribution in [0.25, 0.3) is 0 Å². The van der Waals surface area contributed by atoms with Crippen LogP contribution >= 0.6 is 0 Å². The lowest BCUT2D eigenvalue weighted by molar-refractivity contribution is -0.122. The van der Waals surface area contributed by atoms with Crippen molar-refractivity contribution in [2.24, 2.45) is 23.2 Å². The van der Waals surface area contributed by atoms with E-state index in [1.54, 1.807) is 7.05 Å². The molecule has 0 spiro atoms. The molecule has 33 heavy (non-hydrogen) atoms. The van der Waals surface area contributed by atoms with E-state index in [1.165, 1.54) is 55.3 Å². The Morgan fingerprint density at radius 2 is 1.64 bits per heavy atom. The third-order valence-electron chi connectivity index (χ3n) is 8.36. The predicted octanol–water partition coefficient (Wildman–Crippen LogP) is 7.54. The van der Waals surface area contributed by atoms with Crippen molar-refractivity contribution in [1.29, 1.82) is 0 Å². The molecule has 4 unspecified atom stereocenters. The highest BCUT2D eigenvalue weighted by Gasteiger charge is 2.27. The minimum absolute atomic E-state index is 0.0224. The molecule has 1 aromatic rings. The van der Waals surface area contributed by atoms with Crippen LogP contribution < -0.4 is 5.32 Å². The summed E-state index contributed by atoms with van der Waals surface area (Å²) in [6.07, 6.45) is 8.60. The summed E-state index contributed by atoms with van der Waals surface area (Å²) in [4.78, 5) is 15.0. The Morgan fingerprint density at radius 1 is 0.970 bits per heavy atom. The molecule has 0 saturated heterocycles. The molecule has 0 bridgehead atoms. The summed E-state index contributed by atoms with van der Waals surface area (Å²) < 4.78 is 0. The first-order valence-electron chi connectivity index (χ1n) is 13.7. The van der Waals surface area contributed by atoms with Crippen LogP contribution in [0.3, 0.4) is 0 Å². The van der Waals surface area contributed by atoms with E-state index in [4.69, 9.17) is 0 Å². The highest BCUT2D eigenvalue weighted by atomic mass is 16.1. The second-order valence-electron chi connectivity index (χ2n) is 11.8. The average Bonchev–Trinajstić information content (AvgIpc) is 3.19. The first kappa shape index (κ1) is 27.9. The number of nitrogens with one attached hydrogen (secondary N) is 1. The Hall–Kier alpha value is -1.35. The van der Waals surface area contributed by atoms with Gasteiger partial charge in [-0.1, -0.05) is 98.8 Å². The van der Waals surface area contributed by atoms with E-state index < -0.39 is 0 Å². The SMILES string of the molecule is CCCC(CCC(C)C(C)C(C)(C)C)CCN1Cc2ccc(C(CCC)C(=O)NC)cc2C1. The molecule has 1 N–H and O–H groups in total. The van der Waals surface area contributed by atoms with Gasteiger partial charge in [-0.2, -0.15) is 0 Å². The van der Waals surface area contributed by atoms with E-state index in [0.717, 1.165) is 43.7 Å². The van der Waals surface area contributed by atoms with Crippen LogP contribution in [0, 0.1) is 23.2 Å². The molecule has 0 saturated carbocycles. The molecule has 1 aliphatic heterocycles. The van der Waals surface area contributed by atoms with Gasteiger partial charge < -0.3 is 5.32 Å². The maximum Gasteiger partial charge on any atom is 0.227 e. The van der Waals surface area contributed by atoms with E-state index in [-0.39, 0.29) is 11.8 Å². The molecule has 1 aromatic carbocycles. The highest BCUT2D eigenvalue weighted by molar-refractivity contribution is 5.83. The van der Waals surface area contributed by atoms with Gasteiger partial charge in [0.25, 0.3) is 0 Å². The van der Waals surface area contributed by atoms with Crippen molar-refractivity contribution >= 4 is 5.91 Å². The van der Waals surface area contributed by atoms with Crippen LogP contribution in [-0.2, 0) is 17.9 Å². The summed E-state index contributed by atoms with van der Waals surface area (Å²) in [6.45, 7) is 19.8. The van der Waals surface area contributed by atoms with Gasteiger partial charge in [0.15, 0.2) is 0 Å². The molecule has 3 nitrogen and oxygen atoms in total. The Kier molecular flexibility index (Phi) is 10.9. The van der Waals surface area contributed by atoms with Crippen molar-refractivity contribution in [2.75, 3.05) is 13.6 Å². The molecule has 1 aliphatic rings. The zero-order valence-electron chi connectivity index (χ0n) is 23.0. The van der Waals surface area contributed by atoms with Crippen LogP contribution in [0.5, 0.6) is 0 Å². The number of rotatable bonds is 13. The van der Waals surface area contributed by atoms with Crippen molar-refractivity contribution < 1.29 is 4.79 Å². The Bertz CT molecular complexity index is 735. The summed E-state index contributed by atoms with van der Waals surface area (Å²) in [5.41, 5.74) is 4.46. The highest BCUT2D eigenvalue weighted by Crippen LogP contribution is 2.35. The molecule has 1 amide bonds. The van der Waals surface area contributed by atoms with Crippen molar-refractivity contribution in [1.82, 2.24) is 10.2 Å². The van der Waals surface area contributed by atoms with Gasteiger partial charge in [0, 0.05) is 20.1 Å². The third kappa shape index (κ3) is 8.12. The first-order valence-corrected chi connectivity index (χ1v) is 13.7. The Labute approximate surface area is 205 Å². The first-order chi connectivity index (χ1) is 15.6. The molecule has 2 rings (SSSR count).